The molecule has 0 unspecified atom stereocenters. The van der Waals surface area contributed by atoms with Crippen LogP contribution in [0.5, 0.6) is 0 Å². The molecule has 152 valence electrons. The number of nitro groups is 1. The van der Waals surface area contributed by atoms with Crippen molar-refractivity contribution in [2.75, 3.05) is 6.54 Å². The highest BCUT2D eigenvalue weighted by Gasteiger charge is 2.57. The van der Waals surface area contributed by atoms with Crippen molar-refractivity contribution >= 4 is 11.9 Å². The summed E-state index contributed by atoms with van der Waals surface area (Å²) in [7, 11) is 0. The molecule has 1 rings (SSSR count). The van der Waals surface area contributed by atoms with Crippen LogP contribution in [-0.2, 0) is 11.3 Å². The van der Waals surface area contributed by atoms with Gasteiger partial charge in [-0.3, -0.25) is 4.79 Å². The van der Waals surface area contributed by atoms with Crippen molar-refractivity contribution in [1.29, 1.82) is 0 Å². The minimum absolute atomic E-state index is 0.0444. The number of terminal acetylenes is 1. The standard InChI is InChI=1S/C16H15F5N4O3/c1-2-3-4-5-6-7-8-12-9-24(14(23-12)25(27)28)10-13(26)22-11-15(17,18)16(19,20)21/h1,9H,3-6,10-11H2,(H,22,26). The van der Waals surface area contributed by atoms with Gasteiger partial charge >= 0.3 is 18.0 Å². The summed E-state index contributed by atoms with van der Waals surface area (Å²) in [5.74, 6) is 0.519. The fourth-order valence-corrected chi connectivity index (χ4v) is 1.84. The Morgan fingerprint density at radius 1 is 1.29 bits per heavy atom. The van der Waals surface area contributed by atoms with E-state index in [1.54, 1.807) is 0 Å². The lowest BCUT2D eigenvalue weighted by Gasteiger charge is -2.19. The van der Waals surface area contributed by atoms with Crippen LogP contribution < -0.4 is 5.32 Å². The number of imidazole rings is 1. The third-order valence-corrected chi connectivity index (χ3v) is 3.24. The number of unbranched alkanes of at least 4 members (excludes halogenated alkanes) is 3. The summed E-state index contributed by atoms with van der Waals surface area (Å²) in [6, 6.07) is 0. The Morgan fingerprint density at radius 2 is 1.93 bits per heavy atom. The number of alkyl halides is 5. The molecule has 1 aromatic rings. The summed E-state index contributed by atoms with van der Waals surface area (Å²) >= 11 is 0. The highest BCUT2D eigenvalue weighted by atomic mass is 19.4. The first-order chi connectivity index (χ1) is 13.0. The second kappa shape index (κ2) is 9.69. The van der Waals surface area contributed by atoms with E-state index >= 15 is 0 Å². The van der Waals surface area contributed by atoms with Gasteiger partial charge in [-0.2, -0.15) is 22.0 Å². The highest BCUT2D eigenvalue weighted by molar-refractivity contribution is 5.76. The Kier molecular flexibility index (Phi) is 7.92. The van der Waals surface area contributed by atoms with Gasteiger partial charge in [0.2, 0.25) is 5.69 Å². The van der Waals surface area contributed by atoms with Crippen molar-refractivity contribution in [3.8, 4) is 24.2 Å². The van der Waals surface area contributed by atoms with Gasteiger partial charge < -0.3 is 15.4 Å². The molecule has 1 amide bonds. The number of carbonyl (C=O) groups is 1. The van der Waals surface area contributed by atoms with Crippen molar-refractivity contribution in [2.24, 2.45) is 0 Å². The molecular weight excluding hydrogens is 391 g/mol. The molecule has 0 aliphatic rings. The maximum atomic E-state index is 12.8. The monoisotopic (exact) mass is 406 g/mol. The quantitative estimate of drug-likeness (QED) is 0.236. The third kappa shape index (κ3) is 6.87. The Balaban J connectivity index is 2.76. The summed E-state index contributed by atoms with van der Waals surface area (Å²) in [6.45, 7) is -2.86. The van der Waals surface area contributed by atoms with E-state index in [1.807, 2.05) is 0 Å². The van der Waals surface area contributed by atoms with Crippen LogP contribution in [0.4, 0.5) is 27.9 Å². The highest BCUT2D eigenvalue weighted by Crippen LogP contribution is 2.34. The molecule has 0 saturated heterocycles. The van der Waals surface area contributed by atoms with Crippen molar-refractivity contribution in [1.82, 2.24) is 14.9 Å². The van der Waals surface area contributed by atoms with Crippen LogP contribution in [0, 0.1) is 34.3 Å². The summed E-state index contributed by atoms with van der Waals surface area (Å²) in [6.07, 6.45) is 2.80. The number of aromatic nitrogens is 2. The molecule has 28 heavy (non-hydrogen) atoms. The first-order valence-corrected chi connectivity index (χ1v) is 7.83. The largest absolute Gasteiger partial charge is 0.455 e. The van der Waals surface area contributed by atoms with E-state index < -0.39 is 42.0 Å². The lowest BCUT2D eigenvalue weighted by molar-refractivity contribution is -0.396. The van der Waals surface area contributed by atoms with Gasteiger partial charge in [0.1, 0.15) is 6.20 Å². The SMILES string of the molecule is C#CCCCCC#Cc1cn(CC(=O)NCC(F)(F)C(F)(F)F)c([N+](=O)[O-])n1. The molecular formula is C16H15F5N4O3. The van der Waals surface area contributed by atoms with Gasteiger partial charge in [0.05, 0.1) is 6.54 Å². The van der Waals surface area contributed by atoms with E-state index in [0.717, 1.165) is 12.6 Å². The maximum Gasteiger partial charge on any atom is 0.455 e. The fraction of sp³-hybridized carbons (Fsp3) is 0.500. The Hall–Kier alpha value is -3.15. The Bertz CT molecular complexity index is 815. The summed E-state index contributed by atoms with van der Waals surface area (Å²) in [5, 5.41) is 12.4. The van der Waals surface area contributed by atoms with Gasteiger partial charge in [0, 0.05) is 12.8 Å². The molecule has 0 bridgehead atoms. The molecule has 0 aromatic carbocycles. The summed E-state index contributed by atoms with van der Waals surface area (Å²) < 4.78 is 62.5. The van der Waals surface area contributed by atoms with Gasteiger partial charge in [0.15, 0.2) is 6.54 Å². The zero-order valence-electron chi connectivity index (χ0n) is 14.4. The topological polar surface area (TPSA) is 90.1 Å². The molecule has 1 aromatic heterocycles. The number of amides is 1. The molecule has 0 fully saturated rings. The third-order valence-electron chi connectivity index (χ3n) is 3.24. The molecule has 0 saturated carbocycles. The van der Waals surface area contributed by atoms with Crippen LogP contribution in [0.1, 0.15) is 31.4 Å². The van der Waals surface area contributed by atoms with Gasteiger partial charge in [-0.05, 0) is 23.7 Å². The molecule has 1 heterocycles. The van der Waals surface area contributed by atoms with Crippen LogP contribution in [-0.4, -0.2) is 39.0 Å². The molecule has 0 aliphatic heterocycles. The average Bonchev–Trinajstić information content (AvgIpc) is 2.98. The van der Waals surface area contributed by atoms with Gasteiger partial charge in [-0.25, -0.2) is 4.57 Å². The molecule has 1 N–H and O–H groups in total. The fourth-order valence-electron chi connectivity index (χ4n) is 1.84. The van der Waals surface area contributed by atoms with Crippen LogP contribution in [0.3, 0.4) is 0 Å². The van der Waals surface area contributed by atoms with Crippen molar-refractivity contribution in [2.45, 2.75) is 44.3 Å². The lowest BCUT2D eigenvalue weighted by atomic mass is 10.2. The Labute approximate surface area is 156 Å². The zero-order valence-corrected chi connectivity index (χ0v) is 14.4. The van der Waals surface area contributed by atoms with Crippen LogP contribution in [0.15, 0.2) is 6.20 Å². The number of hydrogen-bond acceptors (Lipinski definition) is 4. The minimum atomic E-state index is -5.83. The van der Waals surface area contributed by atoms with E-state index in [0.29, 0.717) is 23.8 Å². The van der Waals surface area contributed by atoms with Crippen molar-refractivity contribution in [3.05, 3.63) is 22.0 Å². The van der Waals surface area contributed by atoms with Gasteiger partial charge in [-0.15, -0.1) is 12.3 Å². The molecule has 0 atom stereocenters. The van der Waals surface area contributed by atoms with E-state index in [9.17, 15) is 36.9 Å². The number of halogens is 5. The van der Waals surface area contributed by atoms with E-state index in [2.05, 4.69) is 22.7 Å². The van der Waals surface area contributed by atoms with Gasteiger partial charge in [-0.1, -0.05) is 10.9 Å². The lowest BCUT2D eigenvalue weighted by Crippen LogP contribution is -2.47. The molecule has 0 aliphatic carbocycles. The minimum Gasteiger partial charge on any atom is -0.390 e. The normalized spacial score (nSPS) is 11.3. The zero-order chi connectivity index (χ0) is 21.4. The average molecular weight is 406 g/mol. The molecule has 0 spiro atoms. The number of hydrogen-bond donors (Lipinski definition) is 1. The maximum absolute atomic E-state index is 12.8. The van der Waals surface area contributed by atoms with Gasteiger partial charge in [0.25, 0.3) is 5.91 Å². The molecule has 7 nitrogen and oxygen atoms in total. The van der Waals surface area contributed by atoms with Crippen molar-refractivity contribution < 1.29 is 31.7 Å². The predicted molar refractivity (Wildman–Crippen MR) is 87.1 cm³/mol. The van der Waals surface area contributed by atoms with E-state index in [-0.39, 0.29) is 5.69 Å². The second-order valence-electron chi connectivity index (χ2n) is 5.50. The molecule has 0 radical (unpaired) electrons. The predicted octanol–water partition coefficient (Wildman–Crippen LogP) is 2.65. The van der Waals surface area contributed by atoms with Crippen LogP contribution >= 0.6 is 0 Å². The van der Waals surface area contributed by atoms with E-state index in [1.165, 1.54) is 5.32 Å². The van der Waals surface area contributed by atoms with E-state index in [4.69, 9.17) is 6.42 Å². The number of rotatable bonds is 8. The Morgan fingerprint density at radius 3 is 2.50 bits per heavy atom. The second-order valence-corrected chi connectivity index (χ2v) is 5.50. The van der Waals surface area contributed by atoms with Crippen molar-refractivity contribution in [3.63, 3.8) is 0 Å². The summed E-state index contributed by atoms with van der Waals surface area (Å²) in [4.78, 5) is 25.2. The number of nitrogens with one attached hydrogen (secondary N) is 1. The number of nitrogens with zero attached hydrogens (tertiary/aromatic N) is 3. The first-order valence-electron chi connectivity index (χ1n) is 7.83. The first kappa shape index (κ1) is 22.9. The number of carbonyl (C=O) groups excluding carboxylic acids is 1. The summed E-state index contributed by atoms with van der Waals surface area (Å²) in [5.41, 5.74) is -0.0444. The van der Waals surface area contributed by atoms with Crippen LogP contribution in [0.2, 0.25) is 0 Å². The molecule has 12 heteroatoms. The van der Waals surface area contributed by atoms with Crippen LogP contribution in [0.25, 0.3) is 0 Å². The smallest absolute Gasteiger partial charge is 0.390 e.